The molecule has 1 aromatic heterocycles. The molecule has 0 aliphatic carbocycles. The van der Waals surface area contributed by atoms with Gasteiger partial charge in [0.1, 0.15) is 0 Å². The van der Waals surface area contributed by atoms with Crippen LogP contribution in [0, 0.1) is 6.92 Å². The van der Waals surface area contributed by atoms with E-state index >= 15 is 0 Å². The summed E-state index contributed by atoms with van der Waals surface area (Å²) in [4.78, 5) is 16.3. The molecule has 0 saturated carbocycles. The molecule has 0 amide bonds. The lowest BCUT2D eigenvalue weighted by Crippen LogP contribution is -2.09. The van der Waals surface area contributed by atoms with E-state index in [1.807, 2.05) is 25.1 Å². The molecule has 0 atom stereocenters. The summed E-state index contributed by atoms with van der Waals surface area (Å²) in [7, 11) is 0. The van der Waals surface area contributed by atoms with Crippen LogP contribution in [0.4, 0.5) is 0 Å². The van der Waals surface area contributed by atoms with E-state index in [4.69, 9.17) is 0 Å². The molecule has 0 aliphatic rings. The van der Waals surface area contributed by atoms with Crippen LogP contribution < -0.4 is 0 Å². The highest BCUT2D eigenvalue weighted by molar-refractivity contribution is 6.08. The van der Waals surface area contributed by atoms with E-state index in [0.29, 0.717) is 6.54 Å². The molecule has 0 bridgehead atoms. The van der Waals surface area contributed by atoms with Crippen LogP contribution >= 0.6 is 12.4 Å². The van der Waals surface area contributed by atoms with Crippen LogP contribution in [0.3, 0.4) is 0 Å². The highest BCUT2D eigenvalue weighted by Crippen LogP contribution is 2.21. The van der Waals surface area contributed by atoms with Gasteiger partial charge in [0.15, 0.2) is 5.78 Å². The third-order valence-electron chi connectivity index (χ3n) is 3.22. The Kier molecular flexibility index (Phi) is 4.20. The Morgan fingerprint density at radius 3 is 2.85 bits per heavy atom. The Labute approximate surface area is 123 Å². The molecule has 0 spiro atoms. The molecule has 0 radical (unpaired) electrons. The van der Waals surface area contributed by atoms with Gasteiger partial charge in [-0.05, 0) is 17.7 Å². The number of imidazole rings is 1. The van der Waals surface area contributed by atoms with Crippen LogP contribution in [0.2, 0.25) is 0 Å². The molecule has 102 valence electrons. The monoisotopic (exact) mass is 286 g/mol. The largest absolute Gasteiger partial charge is 0.330 e. The normalized spacial score (nSPS) is 10.2. The quantitative estimate of drug-likeness (QED) is 0.689. The van der Waals surface area contributed by atoms with Gasteiger partial charge in [-0.1, -0.05) is 42.0 Å². The Balaban J connectivity index is 0.00000147. The fourth-order valence-corrected chi connectivity index (χ4v) is 2.26. The first-order valence-electron chi connectivity index (χ1n) is 6.22. The minimum Gasteiger partial charge on any atom is -0.330 e. The van der Waals surface area contributed by atoms with E-state index in [1.165, 1.54) is 0 Å². The molecule has 2 aromatic carbocycles. The lowest BCUT2D eigenvalue weighted by molar-refractivity contribution is 0.0973. The summed E-state index contributed by atoms with van der Waals surface area (Å²) in [5.74, 6) is 0.106. The molecular weight excluding hydrogens is 272 g/mol. The van der Waals surface area contributed by atoms with Gasteiger partial charge in [0.05, 0.1) is 12.9 Å². The van der Waals surface area contributed by atoms with Crippen molar-refractivity contribution < 1.29 is 4.79 Å². The number of rotatable bonds is 3. The molecule has 0 aliphatic heterocycles. The number of hydrogen-bond donors (Lipinski definition) is 0. The van der Waals surface area contributed by atoms with Crippen molar-refractivity contribution in [1.82, 2.24) is 9.55 Å². The summed E-state index contributed by atoms with van der Waals surface area (Å²) in [5.41, 5.74) is 1.94. The van der Waals surface area contributed by atoms with Gasteiger partial charge < -0.3 is 4.57 Å². The predicted molar refractivity (Wildman–Crippen MR) is 82.5 cm³/mol. The molecule has 3 nitrogen and oxygen atoms in total. The summed E-state index contributed by atoms with van der Waals surface area (Å²) in [6.07, 6.45) is 5.14. The van der Waals surface area contributed by atoms with E-state index in [1.54, 1.807) is 23.3 Å². The Morgan fingerprint density at radius 2 is 2.10 bits per heavy atom. The molecule has 1 heterocycles. The van der Waals surface area contributed by atoms with Crippen molar-refractivity contribution >= 4 is 29.0 Å². The van der Waals surface area contributed by atoms with Crippen molar-refractivity contribution in [3.8, 4) is 0 Å². The van der Waals surface area contributed by atoms with E-state index in [2.05, 4.69) is 23.2 Å². The first-order chi connectivity index (χ1) is 9.24. The number of carbonyl (C=O) groups is 1. The summed E-state index contributed by atoms with van der Waals surface area (Å²) in [6, 6.07) is 12.0. The van der Waals surface area contributed by atoms with Crippen molar-refractivity contribution in [3.63, 3.8) is 0 Å². The van der Waals surface area contributed by atoms with Gasteiger partial charge in [-0.25, -0.2) is 4.98 Å². The van der Waals surface area contributed by atoms with Gasteiger partial charge in [0.2, 0.25) is 0 Å². The van der Waals surface area contributed by atoms with Crippen LogP contribution in [0.1, 0.15) is 15.9 Å². The summed E-state index contributed by atoms with van der Waals surface area (Å²) in [5, 5.41) is 2.12. The third-order valence-corrected chi connectivity index (χ3v) is 3.22. The molecule has 20 heavy (non-hydrogen) atoms. The average Bonchev–Trinajstić information content (AvgIpc) is 2.90. The second-order valence-electron chi connectivity index (χ2n) is 4.69. The SMILES string of the molecule is Cc1ccc2cccc(C(=O)Cn3ccnc3)c2c1.Cl. The van der Waals surface area contributed by atoms with Crippen molar-refractivity contribution in [2.24, 2.45) is 0 Å². The number of hydrogen-bond acceptors (Lipinski definition) is 2. The van der Waals surface area contributed by atoms with Gasteiger partial charge in [-0.3, -0.25) is 4.79 Å². The highest BCUT2D eigenvalue weighted by atomic mass is 35.5. The number of aromatic nitrogens is 2. The first kappa shape index (κ1) is 14.3. The van der Waals surface area contributed by atoms with Gasteiger partial charge >= 0.3 is 0 Å². The van der Waals surface area contributed by atoms with Crippen molar-refractivity contribution in [2.75, 3.05) is 0 Å². The number of benzene rings is 2. The minimum atomic E-state index is 0. The number of fused-ring (bicyclic) bond motifs is 1. The lowest BCUT2D eigenvalue weighted by Gasteiger charge is -2.07. The smallest absolute Gasteiger partial charge is 0.183 e. The van der Waals surface area contributed by atoms with E-state index < -0.39 is 0 Å². The fraction of sp³-hybridized carbons (Fsp3) is 0.125. The Hall–Kier alpha value is -2.13. The maximum atomic E-state index is 12.4. The zero-order valence-electron chi connectivity index (χ0n) is 11.1. The second-order valence-corrected chi connectivity index (χ2v) is 4.69. The zero-order chi connectivity index (χ0) is 13.2. The molecule has 4 heteroatoms. The van der Waals surface area contributed by atoms with Crippen LogP contribution in [-0.4, -0.2) is 15.3 Å². The van der Waals surface area contributed by atoms with Crippen molar-refractivity contribution in [1.29, 1.82) is 0 Å². The van der Waals surface area contributed by atoms with Gasteiger partial charge in [0, 0.05) is 18.0 Å². The Bertz CT molecular complexity index is 735. The number of aryl methyl sites for hydroxylation is 1. The minimum absolute atomic E-state index is 0. The Morgan fingerprint density at radius 1 is 1.25 bits per heavy atom. The standard InChI is InChI=1S/C16H14N2O.ClH/c1-12-5-6-13-3-2-4-14(15(13)9-12)16(19)10-18-8-7-17-11-18;/h2-9,11H,10H2,1H3;1H. The number of halogens is 1. The summed E-state index contributed by atoms with van der Waals surface area (Å²) < 4.78 is 1.79. The maximum Gasteiger partial charge on any atom is 0.183 e. The van der Waals surface area contributed by atoms with Crippen LogP contribution in [0.15, 0.2) is 55.1 Å². The van der Waals surface area contributed by atoms with Crippen LogP contribution in [-0.2, 0) is 6.54 Å². The van der Waals surface area contributed by atoms with Gasteiger partial charge in [0.25, 0.3) is 0 Å². The highest BCUT2D eigenvalue weighted by Gasteiger charge is 2.10. The summed E-state index contributed by atoms with van der Waals surface area (Å²) >= 11 is 0. The molecule has 3 aromatic rings. The summed E-state index contributed by atoms with van der Waals surface area (Å²) in [6.45, 7) is 2.36. The van der Waals surface area contributed by atoms with Crippen LogP contribution in [0.5, 0.6) is 0 Å². The van der Waals surface area contributed by atoms with E-state index in [0.717, 1.165) is 21.9 Å². The van der Waals surface area contributed by atoms with Gasteiger partial charge in [-0.15, -0.1) is 12.4 Å². The van der Waals surface area contributed by atoms with Gasteiger partial charge in [-0.2, -0.15) is 0 Å². The molecule has 0 fully saturated rings. The molecule has 0 N–H and O–H groups in total. The second kappa shape index (κ2) is 5.88. The topological polar surface area (TPSA) is 34.9 Å². The molecule has 3 rings (SSSR count). The van der Waals surface area contributed by atoms with Crippen molar-refractivity contribution in [3.05, 3.63) is 66.2 Å². The van der Waals surface area contributed by atoms with Crippen molar-refractivity contribution in [2.45, 2.75) is 13.5 Å². The fourth-order valence-electron chi connectivity index (χ4n) is 2.26. The van der Waals surface area contributed by atoms with Crippen LogP contribution in [0.25, 0.3) is 10.8 Å². The maximum absolute atomic E-state index is 12.4. The zero-order valence-corrected chi connectivity index (χ0v) is 11.9. The van der Waals surface area contributed by atoms with E-state index in [-0.39, 0.29) is 18.2 Å². The number of carbonyl (C=O) groups excluding carboxylic acids is 1. The average molecular weight is 287 g/mol. The number of nitrogens with zero attached hydrogens (tertiary/aromatic N) is 2. The molecular formula is C16H15ClN2O. The lowest BCUT2D eigenvalue weighted by atomic mass is 9.99. The van der Waals surface area contributed by atoms with E-state index in [9.17, 15) is 4.79 Å². The molecule has 0 unspecified atom stereocenters. The first-order valence-corrected chi connectivity index (χ1v) is 6.22. The third kappa shape index (κ3) is 2.73. The number of Topliss-reactive ketones (excluding diaryl/α,β-unsaturated/α-hetero) is 1. The predicted octanol–water partition coefficient (Wildman–Crippen LogP) is 3.65. The number of ketones is 1. The molecule has 0 saturated heterocycles.